The highest BCUT2D eigenvalue weighted by Gasteiger charge is 2.36. The van der Waals surface area contributed by atoms with Crippen LogP contribution in [0.4, 0.5) is 5.13 Å². The second kappa shape index (κ2) is 5.43. The van der Waals surface area contributed by atoms with Crippen molar-refractivity contribution in [1.82, 2.24) is 10.3 Å². The van der Waals surface area contributed by atoms with Crippen LogP contribution in [0.5, 0.6) is 5.75 Å². The lowest BCUT2D eigenvalue weighted by Gasteiger charge is -2.37. The highest BCUT2D eigenvalue weighted by atomic mass is 32.1. The van der Waals surface area contributed by atoms with Gasteiger partial charge in [-0.1, -0.05) is 11.3 Å². The van der Waals surface area contributed by atoms with Gasteiger partial charge in [0, 0.05) is 19.1 Å². The number of carbonyl (C=O) groups excluding carboxylic acids is 1. The van der Waals surface area contributed by atoms with Crippen molar-refractivity contribution in [2.24, 2.45) is 5.92 Å². The summed E-state index contributed by atoms with van der Waals surface area (Å²) in [5.74, 6) is 1.21. The largest absolute Gasteiger partial charge is 0.494 e. The number of fused-ring (bicyclic) bond motifs is 1. The second-order valence-corrected chi connectivity index (χ2v) is 6.95. The molecule has 22 heavy (non-hydrogen) atoms. The van der Waals surface area contributed by atoms with Crippen LogP contribution in [0.1, 0.15) is 19.8 Å². The summed E-state index contributed by atoms with van der Waals surface area (Å²) in [6.07, 6.45) is 2.28. The summed E-state index contributed by atoms with van der Waals surface area (Å²) in [6.45, 7) is 4.20. The van der Waals surface area contributed by atoms with Gasteiger partial charge in [-0.2, -0.15) is 0 Å². The Balaban J connectivity index is 1.42. The van der Waals surface area contributed by atoms with Crippen LogP contribution in [-0.2, 0) is 4.79 Å². The minimum atomic E-state index is 0.117. The van der Waals surface area contributed by atoms with Gasteiger partial charge in [0.1, 0.15) is 5.75 Å². The van der Waals surface area contributed by atoms with Crippen molar-refractivity contribution < 1.29 is 9.53 Å². The van der Waals surface area contributed by atoms with E-state index in [9.17, 15) is 4.79 Å². The van der Waals surface area contributed by atoms with Gasteiger partial charge in [-0.05, 0) is 38.0 Å². The van der Waals surface area contributed by atoms with Crippen molar-refractivity contribution in [3.63, 3.8) is 0 Å². The first-order valence-electron chi connectivity index (χ1n) is 7.81. The van der Waals surface area contributed by atoms with Crippen LogP contribution in [0.3, 0.4) is 0 Å². The average Bonchev–Trinajstić information content (AvgIpc) is 3.15. The summed E-state index contributed by atoms with van der Waals surface area (Å²) in [5.41, 5.74) is 0.995. The highest BCUT2D eigenvalue weighted by molar-refractivity contribution is 7.22. The van der Waals surface area contributed by atoms with Crippen molar-refractivity contribution in [1.29, 1.82) is 0 Å². The minimum absolute atomic E-state index is 0.117. The lowest BCUT2D eigenvalue weighted by atomic mass is 10.0. The van der Waals surface area contributed by atoms with Crippen molar-refractivity contribution in [2.75, 3.05) is 24.6 Å². The van der Waals surface area contributed by atoms with Gasteiger partial charge in [0.25, 0.3) is 0 Å². The quantitative estimate of drug-likeness (QED) is 0.920. The normalized spacial score (nSPS) is 18.3. The first-order chi connectivity index (χ1) is 10.7. The lowest BCUT2D eigenvalue weighted by Crippen LogP contribution is -2.54. The van der Waals surface area contributed by atoms with E-state index in [1.54, 1.807) is 11.3 Å². The number of carbonyl (C=O) groups is 1. The third-order valence-electron chi connectivity index (χ3n) is 4.11. The van der Waals surface area contributed by atoms with E-state index in [2.05, 4.69) is 15.2 Å². The number of aromatic nitrogens is 1. The number of anilines is 1. The fraction of sp³-hybridized carbons (Fsp3) is 0.500. The third kappa shape index (κ3) is 2.63. The molecule has 6 heteroatoms. The molecule has 4 rings (SSSR count). The van der Waals surface area contributed by atoms with E-state index in [0.29, 0.717) is 12.6 Å². The van der Waals surface area contributed by atoms with Crippen LogP contribution < -0.4 is 15.0 Å². The zero-order valence-corrected chi connectivity index (χ0v) is 13.4. The summed E-state index contributed by atoms with van der Waals surface area (Å²) in [4.78, 5) is 18.8. The molecule has 1 saturated carbocycles. The molecule has 1 saturated heterocycles. The Bertz CT molecular complexity index is 704. The number of benzene rings is 1. The molecule has 0 bridgehead atoms. The number of nitrogens with zero attached hydrogens (tertiary/aromatic N) is 2. The molecule has 1 aromatic carbocycles. The summed E-state index contributed by atoms with van der Waals surface area (Å²) >= 11 is 1.66. The van der Waals surface area contributed by atoms with Crippen LogP contribution in [0.25, 0.3) is 10.2 Å². The molecule has 1 amide bonds. The SMILES string of the molecule is CCOc1ccc2nc(N3CC(C(=O)NC4CC4)C3)sc2c1. The van der Waals surface area contributed by atoms with Crippen molar-refractivity contribution in [3.8, 4) is 5.75 Å². The van der Waals surface area contributed by atoms with Crippen molar-refractivity contribution in [3.05, 3.63) is 18.2 Å². The van der Waals surface area contributed by atoms with Gasteiger partial charge >= 0.3 is 0 Å². The summed E-state index contributed by atoms with van der Waals surface area (Å²) in [6, 6.07) is 6.44. The van der Waals surface area contributed by atoms with Gasteiger partial charge in [-0.15, -0.1) is 0 Å². The Hall–Kier alpha value is -1.82. The number of amides is 1. The highest BCUT2D eigenvalue weighted by Crippen LogP contribution is 2.34. The van der Waals surface area contributed by atoms with Gasteiger partial charge in [-0.25, -0.2) is 4.98 Å². The zero-order valence-electron chi connectivity index (χ0n) is 12.5. The molecule has 0 unspecified atom stereocenters. The van der Waals surface area contributed by atoms with Crippen LogP contribution in [-0.4, -0.2) is 36.6 Å². The monoisotopic (exact) mass is 317 g/mol. The first-order valence-corrected chi connectivity index (χ1v) is 8.63. The number of thiazole rings is 1. The maximum atomic E-state index is 12.0. The molecule has 1 aliphatic heterocycles. The molecule has 2 aliphatic rings. The fourth-order valence-electron chi connectivity index (χ4n) is 2.63. The Morgan fingerprint density at radius 3 is 3.00 bits per heavy atom. The van der Waals surface area contributed by atoms with Crippen molar-refractivity contribution in [2.45, 2.75) is 25.8 Å². The topological polar surface area (TPSA) is 54.5 Å². The van der Waals surface area contributed by atoms with E-state index >= 15 is 0 Å². The summed E-state index contributed by atoms with van der Waals surface area (Å²) < 4.78 is 6.66. The van der Waals surface area contributed by atoms with E-state index in [1.165, 1.54) is 0 Å². The molecule has 0 spiro atoms. The Labute approximate surface area is 133 Å². The number of rotatable bonds is 5. The molecule has 1 N–H and O–H groups in total. The predicted molar refractivity (Wildman–Crippen MR) is 87.7 cm³/mol. The molecule has 0 atom stereocenters. The van der Waals surface area contributed by atoms with Crippen LogP contribution in [0, 0.1) is 5.92 Å². The molecule has 0 radical (unpaired) electrons. The van der Waals surface area contributed by atoms with Crippen molar-refractivity contribution >= 4 is 32.6 Å². The van der Waals surface area contributed by atoms with Gasteiger partial charge in [0.15, 0.2) is 5.13 Å². The Morgan fingerprint density at radius 1 is 1.45 bits per heavy atom. The van der Waals surface area contributed by atoms with E-state index in [4.69, 9.17) is 4.74 Å². The standard InChI is InChI=1S/C16H19N3O2S/c1-2-21-12-5-6-13-14(7-12)22-16(18-13)19-8-10(9-19)15(20)17-11-3-4-11/h5-7,10-11H,2-4,8-9H2,1H3,(H,17,20). The zero-order chi connectivity index (χ0) is 15.1. The summed E-state index contributed by atoms with van der Waals surface area (Å²) in [5, 5.41) is 4.08. The number of hydrogen-bond acceptors (Lipinski definition) is 5. The maximum absolute atomic E-state index is 12.0. The molecular formula is C16H19N3O2S. The molecule has 2 heterocycles. The van der Waals surface area contributed by atoms with E-state index < -0.39 is 0 Å². The molecular weight excluding hydrogens is 298 g/mol. The molecule has 1 aliphatic carbocycles. The average molecular weight is 317 g/mol. The Kier molecular flexibility index (Phi) is 3.41. The number of hydrogen-bond donors (Lipinski definition) is 1. The van der Waals surface area contributed by atoms with E-state index in [-0.39, 0.29) is 11.8 Å². The first kappa shape index (κ1) is 13.8. The lowest BCUT2D eigenvalue weighted by molar-refractivity contribution is -0.125. The molecule has 5 nitrogen and oxygen atoms in total. The third-order valence-corrected chi connectivity index (χ3v) is 5.19. The van der Waals surface area contributed by atoms with E-state index in [1.807, 2.05) is 25.1 Å². The van der Waals surface area contributed by atoms with Gasteiger partial charge < -0.3 is 15.0 Å². The van der Waals surface area contributed by atoms with Gasteiger partial charge in [0.2, 0.25) is 5.91 Å². The predicted octanol–water partition coefficient (Wildman–Crippen LogP) is 2.41. The fourth-order valence-corrected chi connectivity index (χ4v) is 3.64. The second-order valence-electron chi connectivity index (χ2n) is 5.94. The Morgan fingerprint density at radius 2 is 2.27 bits per heavy atom. The number of nitrogens with one attached hydrogen (secondary N) is 1. The van der Waals surface area contributed by atoms with Gasteiger partial charge in [0.05, 0.1) is 22.7 Å². The molecule has 116 valence electrons. The van der Waals surface area contributed by atoms with Gasteiger partial charge in [-0.3, -0.25) is 4.79 Å². The number of ether oxygens (including phenoxy) is 1. The maximum Gasteiger partial charge on any atom is 0.226 e. The van der Waals surface area contributed by atoms with E-state index in [0.717, 1.165) is 47.0 Å². The smallest absolute Gasteiger partial charge is 0.226 e. The van der Waals surface area contributed by atoms with Crippen LogP contribution in [0.2, 0.25) is 0 Å². The van der Waals surface area contributed by atoms with Crippen LogP contribution >= 0.6 is 11.3 Å². The minimum Gasteiger partial charge on any atom is -0.494 e. The summed E-state index contributed by atoms with van der Waals surface area (Å²) in [7, 11) is 0. The molecule has 2 aromatic rings. The molecule has 2 fully saturated rings. The molecule has 1 aromatic heterocycles. The van der Waals surface area contributed by atoms with Crippen LogP contribution in [0.15, 0.2) is 18.2 Å².